The van der Waals surface area contributed by atoms with Crippen LogP contribution in [0.5, 0.6) is 11.8 Å². The first-order valence-corrected chi connectivity index (χ1v) is 6.92. The van der Waals surface area contributed by atoms with E-state index >= 15 is 0 Å². The standard InChI is InChI=1S/C18H15N3O2/c1-4-11-8-12(10-13(19)9-11)17-16-14(20-18(21-17)23-3)6-5-7-15(16)22-2/h1,5-10H,19H2,2-3H3. The van der Waals surface area contributed by atoms with Gasteiger partial charge in [0.15, 0.2) is 0 Å². The molecule has 0 aliphatic heterocycles. The van der Waals surface area contributed by atoms with Crippen LogP contribution < -0.4 is 15.2 Å². The highest BCUT2D eigenvalue weighted by molar-refractivity contribution is 5.97. The number of anilines is 1. The van der Waals surface area contributed by atoms with Crippen LogP contribution in [0.25, 0.3) is 22.2 Å². The third kappa shape index (κ3) is 2.62. The maximum atomic E-state index is 5.96. The molecule has 0 fully saturated rings. The summed E-state index contributed by atoms with van der Waals surface area (Å²) < 4.78 is 10.7. The van der Waals surface area contributed by atoms with Crippen LogP contribution in [0.2, 0.25) is 0 Å². The molecule has 2 N–H and O–H groups in total. The molecule has 0 saturated heterocycles. The van der Waals surface area contributed by atoms with Crippen molar-refractivity contribution in [2.45, 2.75) is 0 Å². The van der Waals surface area contributed by atoms with Crippen LogP contribution >= 0.6 is 0 Å². The van der Waals surface area contributed by atoms with Crippen LogP contribution in [0.4, 0.5) is 5.69 Å². The Morgan fingerprint density at radius 3 is 2.61 bits per heavy atom. The normalized spacial score (nSPS) is 10.3. The minimum atomic E-state index is 0.269. The number of nitrogen functional groups attached to an aromatic ring is 1. The summed E-state index contributed by atoms with van der Waals surface area (Å²) in [6, 6.07) is 11.3. The molecule has 114 valence electrons. The number of methoxy groups -OCH3 is 2. The number of benzene rings is 2. The van der Waals surface area contributed by atoms with Crippen molar-refractivity contribution >= 4 is 16.6 Å². The quantitative estimate of drug-likeness (QED) is 0.595. The molecule has 2 aromatic carbocycles. The summed E-state index contributed by atoms with van der Waals surface area (Å²) in [6.07, 6.45) is 5.50. The zero-order chi connectivity index (χ0) is 16.4. The van der Waals surface area contributed by atoms with E-state index in [1.807, 2.05) is 30.3 Å². The lowest BCUT2D eigenvalue weighted by atomic mass is 10.0. The fourth-order valence-corrected chi connectivity index (χ4v) is 2.47. The Balaban J connectivity index is 2.40. The van der Waals surface area contributed by atoms with Gasteiger partial charge in [0, 0.05) is 16.8 Å². The van der Waals surface area contributed by atoms with Crippen LogP contribution in [0, 0.1) is 12.3 Å². The molecule has 0 aliphatic carbocycles. The number of nitrogens with two attached hydrogens (primary N) is 1. The number of hydrogen-bond acceptors (Lipinski definition) is 5. The maximum absolute atomic E-state index is 5.96. The van der Waals surface area contributed by atoms with Crippen molar-refractivity contribution in [3.05, 3.63) is 42.0 Å². The molecular formula is C18H15N3O2. The Morgan fingerprint density at radius 1 is 1.09 bits per heavy atom. The first-order chi connectivity index (χ1) is 11.2. The van der Waals surface area contributed by atoms with E-state index in [1.165, 1.54) is 7.11 Å². The molecule has 0 saturated carbocycles. The maximum Gasteiger partial charge on any atom is 0.317 e. The molecule has 0 spiro atoms. The number of rotatable bonds is 3. The van der Waals surface area contributed by atoms with E-state index < -0.39 is 0 Å². The van der Waals surface area contributed by atoms with Crippen molar-refractivity contribution in [3.8, 4) is 35.4 Å². The van der Waals surface area contributed by atoms with E-state index in [0.717, 1.165) is 16.5 Å². The number of hydrogen-bond donors (Lipinski definition) is 1. The number of nitrogens with zero attached hydrogens (tertiary/aromatic N) is 2. The van der Waals surface area contributed by atoms with E-state index in [0.29, 0.717) is 22.7 Å². The molecule has 0 unspecified atom stereocenters. The number of terminal acetylenes is 1. The Hall–Kier alpha value is -3.26. The van der Waals surface area contributed by atoms with Gasteiger partial charge in [-0.2, -0.15) is 9.97 Å². The lowest BCUT2D eigenvalue weighted by Crippen LogP contribution is -1.98. The molecule has 23 heavy (non-hydrogen) atoms. The largest absolute Gasteiger partial charge is 0.496 e. The fourth-order valence-electron chi connectivity index (χ4n) is 2.47. The predicted octanol–water partition coefficient (Wildman–Crippen LogP) is 2.88. The van der Waals surface area contributed by atoms with Crippen molar-refractivity contribution in [2.75, 3.05) is 20.0 Å². The van der Waals surface area contributed by atoms with Gasteiger partial charge < -0.3 is 15.2 Å². The summed E-state index contributed by atoms with van der Waals surface area (Å²) in [4.78, 5) is 8.85. The molecule has 0 amide bonds. The summed E-state index contributed by atoms with van der Waals surface area (Å²) in [6.45, 7) is 0. The summed E-state index contributed by atoms with van der Waals surface area (Å²) in [7, 11) is 3.13. The van der Waals surface area contributed by atoms with Gasteiger partial charge in [0.05, 0.1) is 30.8 Å². The summed E-state index contributed by atoms with van der Waals surface area (Å²) in [5.74, 6) is 3.27. The summed E-state index contributed by atoms with van der Waals surface area (Å²) in [5.41, 5.74) is 9.37. The highest BCUT2D eigenvalue weighted by atomic mass is 16.5. The van der Waals surface area contributed by atoms with Gasteiger partial charge in [-0.3, -0.25) is 0 Å². The van der Waals surface area contributed by atoms with E-state index in [1.54, 1.807) is 13.2 Å². The lowest BCUT2D eigenvalue weighted by Gasteiger charge is -2.12. The van der Waals surface area contributed by atoms with Crippen molar-refractivity contribution in [1.82, 2.24) is 9.97 Å². The first-order valence-electron chi connectivity index (χ1n) is 6.92. The van der Waals surface area contributed by atoms with Gasteiger partial charge >= 0.3 is 6.01 Å². The average molecular weight is 305 g/mol. The molecule has 0 radical (unpaired) electrons. The number of ether oxygens (including phenoxy) is 2. The zero-order valence-corrected chi connectivity index (χ0v) is 12.8. The molecule has 5 heteroatoms. The van der Waals surface area contributed by atoms with E-state index in [-0.39, 0.29) is 6.01 Å². The van der Waals surface area contributed by atoms with Gasteiger partial charge in [-0.25, -0.2) is 0 Å². The van der Waals surface area contributed by atoms with Crippen molar-refractivity contribution < 1.29 is 9.47 Å². The van der Waals surface area contributed by atoms with Crippen LogP contribution in [0.1, 0.15) is 5.56 Å². The van der Waals surface area contributed by atoms with Crippen molar-refractivity contribution in [3.63, 3.8) is 0 Å². The smallest absolute Gasteiger partial charge is 0.317 e. The predicted molar refractivity (Wildman–Crippen MR) is 90.4 cm³/mol. The SMILES string of the molecule is C#Cc1cc(N)cc(-c2nc(OC)nc3cccc(OC)c23)c1. The van der Waals surface area contributed by atoms with E-state index in [9.17, 15) is 0 Å². The fraction of sp³-hybridized carbons (Fsp3) is 0.111. The molecule has 1 heterocycles. The van der Waals surface area contributed by atoms with Gasteiger partial charge in [-0.05, 0) is 30.3 Å². The van der Waals surface area contributed by atoms with Crippen LogP contribution in [0.15, 0.2) is 36.4 Å². The Kier molecular flexibility index (Phi) is 3.73. The Morgan fingerprint density at radius 2 is 1.91 bits per heavy atom. The average Bonchev–Trinajstić information content (AvgIpc) is 2.59. The number of fused-ring (bicyclic) bond motifs is 1. The molecule has 0 bridgehead atoms. The highest BCUT2D eigenvalue weighted by Gasteiger charge is 2.15. The van der Waals surface area contributed by atoms with Gasteiger partial charge in [-0.1, -0.05) is 12.0 Å². The van der Waals surface area contributed by atoms with Gasteiger partial charge in [0.25, 0.3) is 0 Å². The Labute approximate surface area is 134 Å². The monoisotopic (exact) mass is 305 g/mol. The highest BCUT2D eigenvalue weighted by Crippen LogP contribution is 2.35. The van der Waals surface area contributed by atoms with E-state index in [4.69, 9.17) is 21.6 Å². The third-order valence-corrected chi connectivity index (χ3v) is 3.46. The van der Waals surface area contributed by atoms with Gasteiger partial charge in [0.2, 0.25) is 0 Å². The lowest BCUT2D eigenvalue weighted by molar-refractivity contribution is 0.382. The molecule has 5 nitrogen and oxygen atoms in total. The third-order valence-electron chi connectivity index (χ3n) is 3.46. The molecule has 0 aliphatic rings. The van der Waals surface area contributed by atoms with Crippen LogP contribution in [-0.2, 0) is 0 Å². The second kappa shape index (κ2) is 5.85. The Bertz CT molecular complexity index is 929. The van der Waals surface area contributed by atoms with Crippen LogP contribution in [-0.4, -0.2) is 24.2 Å². The van der Waals surface area contributed by atoms with Gasteiger partial charge in [-0.15, -0.1) is 6.42 Å². The van der Waals surface area contributed by atoms with Gasteiger partial charge in [0.1, 0.15) is 5.75 Å². The minimum absolute atomic E-state index is 0.269. The topological polar surface area (TPSA) is 70.3 Å². The first kappa shape index (κ1) is 14.7. The molecule has 3 rings (SSSR count). The minimum Gasteiger partial charge on any atom is -0.496 e. The van der Waals surface area contributed by atoms with Crippen molar-refractivity contribution in [2.24, 2.45) is 0 Å². The zero-order valence-electron chi connectivity index (χ0n) is 12.8. The second-order valence-electron chi connectivity index (χ2n) is 4.90. The van der Waals surface area contributed by atoms with Crippen molar-refractivity contribution in [1.29, 1.82) is 0 Å². The number of aromatic nitrogens is 2. The summed E-state index contributed by atoms with van der Waals surface area (Å²) in [5, 5.41) is 0.782. The molecular weight excluding hydrogens is 290 g/mol. The summed E-state index contributed by atoms with van der Waals surface area (Å²) >= 11 is 0. The molecule has 3 aromatic rings. The second-order valence-corrected chi connectivity index (χ2v) is 4.90. The van der Waals surface area contributed by atoms with E-state index in [2.05, 4.69) is 15.9 Å². The molecule has 0 atom stereocenters. The molecule has 1 aromatic heterocycles. The van der Waals surface area contributed by atoms with Crippen LogP contribution in [0.3, 0.4) is 0 Å².